The number of quaternary nitrogens is 1. The molecule has 0 radical (unpaired) electrons. The third-order valence-electron chi connectivity index (χ3n) is 7.77. The molecule has 4 aromatic carbocycles. The van der Waals surface area contributed by atoms with E-state index in [1.165, 1.54) is 16.0 Å². The van der Waals surface area contributed by atoms with E-state index in [4.69, 9.17) is 9.72 Å². The lowest BCUT2D eigenvalue weighted by atomic mass is 9.96. The zero-order valence-corrected chi connectivity index (χ0v) is 22.8. The summed E-state index contributed by atoms with van der Waals surface area (Å²) in [6.45, 7) is 5.78. The molecule has 1 aliphatic heterocycles. The molecule has 6 rings (SSSR count). The number of nitrogens with zero attached hydrogens (tertiary/aromatic N) is 2. The highest BCUT2D eigenvalue weighted by atomic mass is 16.5. The van der Waals surface area contributed by atoms with Crippen molar-refractivity contribution in [3.63, 3.8) is 0 Å². The molecule has 0 unspecified atom stereocenters. The van der Waals surface area contributed by atoms with Gasteiger partial charge in [-0.3, -0.25) is 4.79 Å². The Kier molecular flexibility index (Phi) is 7.56. The third kappa shape index (κ3) is 5.33. The van der Waals surface area contributed by atoms with E-state index in [1.54, 1.807) is 0 Å². The summed E-state index contributed by atoms with van der Waals surface area (Å²) in [5.74, 6) is 0.897. The quantitative estimate of drug-likeness (QED) is 0.306. The van der Waals surface area contributed by atoms with E-state index in [1.807, 2.05) is 66.4 Å². The first-order valence-electron chi connectivity index (χ1n) is 14.1. The van der Waals surface area contributed by atoms with E-state index >= 15 is 0 Å². The second-order valence-electron chi connectivity index (χ2n) is 10.2. The smallest absolute Gasteiger partial charge is 0.255 e. The molecular formula is C35H34N3O2+. The van der Waals surface area contributed by atoms with Gasteiger partial charge in [-0.25, -0.2) is 4.98 Å². The first kappa shape index (κ1) is 25.8. The van der Waals surface area contributed by atoms with E-state index in [0.29, 0.717) is 25.3 Å². The maximum Gasteiger partial charge on any atom is 0.255 e. The number of pyridine rings is 1. The van der Waals surface area contributed by atoms with Gasteiger partial charge in [-0.05, 0) is 43.3 Å². The van der Waals surface area contributed by atoms with Crippen molar-refractivity contribution in [2.75, 3.05) is 32.8 Å². The van der Waals surface area contributed by atoms with Crippen LogP contribution in [0.2, 0.25) is 0 Å². The number of para-hydroxylation sites is 1. The van der Waals surface area contributed by atoms with Crippen molar-refractivity contribution in [3.05, 3.63) is 132 Å². The summed E-state index contributed by atoms with van der Waals surface area (Å²) in [4.78, 5) is 22.4. The van der Waals surface area contributed by atoms with E-state index in [9.17, 15) is 4.79 Å². The highest BCUT2D eigenvalue weighted by molar-refractivity contribution is 6.07. The number of hydrogen-bond acceptors (Lipinski definition) is 3. The summed E-state index contributed by atoms with van der Waals surface area (Å²) in [6, 6.07) is 39.5. The van der Waals surface area contributed by atoms with E-state index in [0.717, 1.165) is 41.0 Å². The van der Waals surface area contributed by atoms with E-state index < -0.39 is 0 Å². The normalized spacial score (nSPS) is 14.0. The topological polar surface area (TPSA) is 46.9 Å². The maximum atomic E-state index is 14.0. The summed E-state index contributed by atoms with van der Waals surface area (Å²) in [5.41, 5.74) is 5.91. The van der Waals surface area contributed by atoms with Crippen molar-refractivity contribution in [1.82, 2.24) is 9.88 Å². The number of ether oxygens (including phenoxy) is 1. The van der Waals surface area contributed by atoms with Gasteiger partial charge in [0.15, 0.2) is 0 Å². The maximum absolute atomic E-state index is 14.0. The van der Waals surface area contributed by atoms with Gasteiger partial charge in [0.2, 0.25) is 0 Å². The van der Waals surface area contributed by atoms with Crippen molar-refractivity contribution in [2.24, 2.45) is 0 Å². The van der Waals surface area contributed by atoms with Gasteiger partial charge in [0, 0.05) is 22.1 Å². The minimum atomic E-state index is 0.0702. The number of benzene rings is 4. The molecule has 5 heteroatoms. The van der Waals surface area contributed by atoms with Crippen LogP contribution in [0, 0.1) is 0 Å². The number of piperazine rings is 1. The molecule has 1 aromatic heterocycles. The Morgan fingerprint density at radius 1 is 0.825 bits per heavy atom. The molecule has 1 saturated heterocycles. The molecule has 1 N–H and O–H groups in total. The van der Waals surface area contributed by atoms with Gasteiger partial charge < -0.3 is 14.5 Å². The highest BCUT2D eigenvalue weighted by Crippen LogP contribution is 2.27. The average molecular weight is 529 g/mol. The Balaban J connectivity index is 1.26. The molecule has 200 valence electrons. The van der Waals surface area contributed by atoms with Crippen molar-refractivity contribution >= 4 is 16.8 Å². The zero-order valence-electron chi connectivity index (χ0n) is 22.8. The number of nitrogens with one attached hydrogen (secondary N) is 1. The lowest BCUT2D eigenvalue weighted by Gasteiger charge is -2.37. The van der Waals surface area contributed by atoms with Crippen LogP contribution in [0.4, 0.5) is 0 Å². The first-order chi connectivity index (χ1) is 19.7. The van der Waals surface area contributed by atoms with Gasteiger partial charge in [-0.1, -0.05) is 78.9 Å². The van der Waals surface area contributed by atoms with Crippen LogP contribution in [-0.4, -0.2) is 48.6 Å². The molecule has 0 atom stereocenters. The lowest BCUT2D eigenvalue weighted by molar-refractivity contribution is -0.929. The van der Waals surface area contributed by atoms with Crippen LogP contribution >= 0.6 is 0 Å². The first-order valence-corrected chi connectivity index (χ1v) is 14.1. The van der Waals surface area contributed by atoms with Crippen molar-refractivity contribution in [3.8, 4) is 17.0 Å². The molecule has 1 fully saturated rings. The Hall–Kier alpha value is -4.48. The van der Waals surface area contributed by atoms with Crippen LogP contribution in [0.15, 0.2) is 115 Å². The number of carbonyl (C=O) groups is 1. The SMILES string of the molecule is CCOc1ccc(-c2cc(C(=O)N3CC[NH+](C(c4ccccc4)c4ccccc4)CC3)c3ccccc3n2)cc1. The highest BCUT2D eigenvalue weighted by Gasteiger charge is 2.32. The van der Waals surface area contributed by atoms with Gasteiger partial charge in [-0.2, -0.15) is 0 Å². The number of hydrogen-bond donors (Lipinski definition) is 1. The van der Waals surface area contributed by atoms with Gasteiger partial charge in [0.05, 0.1) is 49.6 Å². The molecular weight excluding hydrogens is 494 g/mol. The lowest BCUT2D eigenvalue weighted by Crippen LogP contribution is -3.15. The van der Waals surface area contributed by atoms with Gasteiger partial charge in [0.25, 0.3) is 5.91 Å². The van der Waals surface area contributed by atoms with Crippen LogP contribution in [-0.2, 0) is 0 Å². The molecule has 1 amide bonds. The van der Waals surface area contributed by atoms with Gasteiger partial charge >= 0.3 is 0 Å². The van der Waals surface area contributed by atoms with Crippen LogP contribution in [0.1, 0.15) is 34.5 Å². The third-order valence-corrected chi connectivity index (χ3v) is 7.77. The molecule has 2 heterocycles. The Morgan fingerprint density at radius 3 is 2.05 bits per heavy atom. The fraction of sp³-hybridized carbons (Fsp3) is 0.200. The Bertz CT molecular complexity index is 1540. The molecule has 5 aromatic rings. The van der Waals surface area contributed by atoms with Crippen molar-refractivity contribution in [2.45, 2.75) is 13.0 Å². The van der Waals surface area contributed by atoms with E-state index in [-0.39, 0.29) is 11.9 Å². The van der Waals surface area contributed by atoms with Crippen LogP contribution in [0.25, 0.3) is 22.2 Å². The van der Waals surface area contributed by atoms with Gasteiger partial charge in [-0.15, -0.1) is 0 Å². The van der Waals surface area contributed by atoms with Crippen LogP contribution in [0.3, 0.4) is 0 Å². The number of carbonyl (C=O) groups excluding carboxylic acids is 1. The second kappa shape index (κ2) is 11.7. The predicted molar refractivity (Wildman–Crippen MR) is 160 cm³/mol. The molecule has 5 nitrogen and oxygen atoms in total. The number of aromatic nitrogens is 1. The summed E-state index contributed by atoms with van der Waals surface area (Å²) in [7, 11) is 0. The zero-order chi connectivity index (χ0) is 27.3. The number of amides is 1. The number of rotatable bonds is 7. The summed E-state index contributed by atoms with van der Waals surface area (Å²) in [6.07, 6.45) is 0. The average Bonchev–Trinajstić information content (AvgIpc) is 3.02. The summed E-state index contributed by atoms with van der Waals surface area (Å²) >= 11 is 0. The van der Waals surface area contributed by atoms with E-state index in [2.05, 4.69) is 60.7 Å². The standard InChI is InChI=1S/C35H33N3O2/c1-2-40-29-19-17-26(18-20-29)33-25-31(30-15-9-10-16-32(30)36-33)35(39)38-23-21-37(22-24-38)34(27-11-5-3-6-12-27)28-13-7-4-8-14-28/h3-20,25,34H,2,21-24H2,1H3/p+1. The van der Waals surface area contributed by atoms with Crippen molar-refractivity contribution in [1.29, 1.82) is 0 Å². The molecule has 0 saturated carbocycles. The molecule has 40 heavy (non-hydrogen) atoms. The minimum absolute atomic E-state index is 0.0702. The van der Waals surface area contributed by atoms with Crippen LogP contribution < -0.4 is 9.64 Å². The monoisotopic (exact) mass is 528 g/mol. The molecule has 0 bridgehead atoms. The Labute approximate surface area is 235 Å². The number of fused-ring (bicyclic) bond motifs is 1. The largest absolute Gasteiger partial charge is 0.494 e. The fourth-order valence-electron chi connectivity index (χ4n) is 5.80. The molecule has 0 aliphatic carbocycles. The van der Waals surface area contributed by atoms with Crippen LogP contribution in [0.5, 0.6) is 5.75 Å². The predicted octanol–water partition coefficient (Wildman–Crippen LogP) is 5.43. The minimum Gasteiger partial charge on any atom is -0.494 e. The second-order valence-corrected chi connectivity index (χ2v) is 10.2. The van der Waals surface area contributed by atoms with Crippen molar-refractivity contribution < 1.29 is 14.4 Å². The molecule has 1 aliphatic rings. The summed E-state index contributed by atoms with van der Waals surface area (Å²) < 4.78 is 5.61. The summed E-state index contributed by atoms with van der Waals surface area (Å²) in [5, 5.41) is 0.892. The Morgan fingerprint density at radius 2 is 1.43 bits per heavy atom. The fourth-order valence-corrected chi connectivity index (χ4v) is 5.80. The molecule has 0 spiro atoms. The van der Waals surface area contributed by atoms with Gasteiger partial charge in [0.1, 0.15) is 11.8 Å².